The number of ether oxygens (including phenoxy) is 1. The van der Waals surface area contributed by atoms with Crippen LogP contribution in [-0.2, 0) is 4.74 Å². The van der Waals surface area contributed by atoms with Crippen LogP contribution in [0.3, 0.4) is 0 Å². The van der Waals surface area contributed by atoms with Gasteiger partial charge in [-0.05, 0) is 25.5 Å². The maximum Gasteiger partial charge on any atom is 0.251 e. The summed E-state index contributed by atoms with van der Waals surface area (Å²) in [4.78, 5) is 15.7. The Morgan fingerprint density at radius 3 is 3.06 bits per heavy atom. The van der Waals surface area contributed by atoms with Gasteiger partial charge < -0.3 is 10.1 Å². The molecule has 0 aliphatic carbocycles. The molecule has 0 saturated carbocycles. The van der Waals surface area contributed by atoms with Gasteiger partial charge in [-0.3, -0.25) is 9.78 Å². The number of hydrogen-bond donors (Lipinski definition) is 1. The van der Waals surface area contributed by atoms with Crippen molar-refractivity contribution in [1.29, 1.82) is 0 Å². The van der Waals surface area contributed by atoms with Crippen LogP contribution in [0.15, 0.2) is 18.3 Å². The molecule has 0 unspecified atom stereocenters. The van der Waals surface area contributed by atoms with E-state index in [-0.39, 0.29) is 5.91 Å². The summed E-state index contributed by atoms with van der Waals surface area (Å²) in [7, 11) is 0. The third-order valence-electron chi connectivity index (χ3n) is 2.13. The molecule has 17 heavy (non-hydrogen) atoms. The molecule has 1 aromatic rings. The van der Waals surface area contributed by atoms with Crippen molar-refractivity contribution in [3.05, 3.63) is 29.6 Å². The van der Waals surface area contributed by atoms with Crippen molar-refractivity contribution in [1.82, 2.24) is 10.3 Å². The molecule has 0 radical (unpaired) electrons. The summed E-state index contributed by atoms with van der Waals surface area (Å²) in [6, 6.07) is 3.46. The van der Waals surface area contributed by atoms with E-state index in [0.717, 1.165) is 12.1 Å². The quantitative estimate of drug-likeness (QED) is 0.598. The van der Waals surface area contributed by atoms with Gasteiger partial charge in [0, 0.05) is 36.5 Å². The van der Waals surface area contributed by atoms with Crippen LogP contribution in [0.2, 0.25) is 0 Å². The van der Waals surface area contributed by atoms with Gasteiger partial charge in [0.2, 0.25) is 0 Å². The lowest BCUT2D eigenvalue weighted by Gasteiger charge is -2.05. The zero-order valence-electron chi connectivity index (χ0n) is 9.91. The Balaban J connectivity index is 2.21. The summed E-state index contributed by atoms with van der Waals surface area (Å²) in [6.07, 6.45) is 2.42. The van der Waals surface area contributed by atoms with Gasteiger partial charge in [-0.1, -0.05) is 0 Å². The third-order valence-corrected chi connectivity index (χ3v) is 2.29. The highest BCUT2D eigenvalue weighted by atomic mass is 35.5. The predicted octanol–water partition coefficient (Wildman–Crippen LogP) is 1.77. The molecule has 0 aliphatic rings. The van der Waals surface area contributed by atoms with Crippen molar-refractivity contribution < 1.29 is 9.53 Å². The number of rotatable bonds is 7. The van der Waals surface area contributed by atoms with Gasteiger partial charge in [-0.2, -0.15) is 0 Å². The van der Waals surface area contributed by atoms with E-state index in [2.05, 4.69) is 10.3 Å². The average molecular weight is 257 g/mol. The van der Waals surface area contributed by atoms with Crippen molar-refractivity contribution in [3.63, 3.8) is 0 Å². The number of nitrogens with zero attached hydrogens (tertiary/aromatic N) is 1. The molecule has 0 atom stereocenters. The minimum absolute atomic E-state index is 0.0761. The maximum atomic E-state index is 11.7. The fourth-order valence-electron chi connectivity index (χ4n) is 1.32. The van der Waals surface area contributed by atoms with Crippen LogP contribution in [0.25, 0.3) is 0 Å². The highest BCUT2D eigenvalue weighted by molar-refractivity contribution is 6.17. The second-order valence-electron chi connectivity index (χ2n) is 3.60. The number of alkyl halides is 1. The van der Waals surface area contributed by atoms with E-state index in [1.807, 2.05) is 6.92 Å². The Morgan fingerprint density at radius 1 is 1.53 bits per heavy atom. The predicted molar refractivity (Wildman–Crippen MR) is 67.5 cm³/mol. The van der Waals surface area contributed by atoms with Gasteiger partial charge in [0.25, 0.3) is 5.91 Å². The van der Waals surface area contributed by atoms with Crippen molar-refractivity contribution in [2.45, 2.75) is 13.3 Å². The summed E-state index contributed by atoms with van der Waals surface area (Å²) >= 11 is 5.46. The van der Waals surface area contributed by atoms with Crippen LogP contribution in [-0.4, -0.2) is 36.5 Å². The number of pyridine rings is 1. The Morgan fingerprint density at radius 2 is 2.35 bits per heavy atom. The smallest absolute Gasteiger partial charge is 0.251 e. The Kier molecular flexibility index (Phi) is 6.58. The first-order valence-electron chi connectivity index (χ1n) is 5.58. The van der Waals surface area contributed by atoms with Gasteiger partial charge >= 0.3 is 0 Å². The number of carbonyl (C=O) groups is 1. The second kappa shape index (κ2) is 8.03. The molecule has 1 amide bonds. The zero-order valence-corrected chi connectivity index (χ0v) is 10.7. The SMILES string of the molecule is Cc1cc(C(=O)NCCCOCCCl)ccn1. The number of aromatic nitrogens is 1. The van der Waals surface area contributed by atoms with Crippen LogP contribution < -0.4 is 5.32 Å². The van der Waals surface area contributed by atoms with E-state index in [1.54, 1.807) is 18.3 Å². The Labute approximate surface area is 106 Å². The maximum absolute atomic E-state index is 11.7. The molecule has 0 aromatic carbocycles. The lowest BCUT2D eigenvalue weighted by atomic mass is 10.2. The van der Waals surface area contributed by atoms with Crippen molar-refractivity contribution in [2.75, 3.05) is 25.6 Å². The molecule has 94 valence electrons. The molecular formula is C12H17ClN2O2. The van der Waals surface area contributed by atoms with Crippen LogP contribution in [0.1, 0.15) is 22.5 Å². The van der Waals surface area contributed by atoms with E-state index in [1.165, 1.54) is 0 Å². The largest absolute Gasteiger partial charge is 0.380 e. The van der Waals surface area contributed by atoms with Gasteiger partial charge in [0.05, 0.1) is 6.61 Å². The zero-order chi connectivity index (χ0) is 12.5. The minimum atomic E-state index is -0.0761. The van der Waals surface area contributed by atoms with Crippen LogP contribution >= 0.6 is 11.6 Å². The summed E-state index contributed by atoms with van der Waals surface area (Å²) in [5.74, 6) is 0.427. The number of nitrogens with one attached hydrogen (secondary N) is 1. The lowest BCUT2D eigenvalue weighted by molar-refractivity contribution is 0.0944. The molecule has 4 nitrogen and oxygen atoms in total. The van der Waals surface area contributed by atoms with E-state index >= 15 is 0 Å². The van der Waals surface area contributed by atoms with E-state index in [9.17, 15) is 4.79 Å². The minimum Gasteiger partial charge on any atom is -0.380 e. The van der Waals surface area contributed by atoms with Gasteiger partial charge in [0.15, 0.2) is 0 Å². The lowest BCUT2D eigenvalue weighted by Crippen LogP contribution is -2.25. The molecule has 0 aliphatic heterocycles. The summed E-state index contributed by atoms with van der Waals surface area (Å²) < 4.78 is 5.20. The first-order chi connectivity index (χ1) is 8.24. The Hall–Kier alpha value is -1.13. The molecule has 1 rings (SSSR count). The molecule has 1 N–H and O–H groups in total. The third kappa shape index (κ3) is 5.65. The summed E-state index contributed by atoms with van der Waals surface area (Å²) in [6.45, 7) is 3.63. The van der Waals surface area contributed by atoms with Crippen molar-refractivity contribution in [2.24, 2.45) is 0 Å². The molecule has 5 heteroatoms. The average Bonchev–Trinajstić information content (AvgIpc) is 2.33. The normalized spacial score (nSPS) is 10.2. The molecular weight excluding hydrogens is 240 g/mol. The van der Waals surface area contributed by atoms with Gasteiger partial charge in [0.1, 0.15) is 0 Å². The molecule has 1 heterocycles. The van der Waals surface area contributed by atoms with Crippen LogP contribution in [0, 0.1) is 6.92 Å². The fraction of sp³-hybridized carbons (Fsp3) is 0.500. The van der Waals surface area contributed by atoms with Crippen LogP contribution in [0.5, 0.6) is 0 Å². The first kappa shape index (κ1) is 13.9. The summed E-state index contributed by atoms with van der Waals surface area (Å²) in [5.41, 5.74) is 1.47. The van der Waals surface area contributed by atoms with Gasteiger partial charge in [-0.25, -0.2) is 0 Å². The monoisotopic (exact) mass is 256 g/mol. The Bertz CT molecular complexity index is 358. The molecule has 0 saturated heterocycles. The second-order valence-corrected chi connectivity index (χ2v) is 3.97. The topological polar surface area (TPSA) is 51.2 Å². The molecule has 0 bridgehead atoms. The number of halogens is 1. The van der Waals surface area contributed by atoms with Gasteiger partial charge in [-0.15, -0.1) is 11.6 Å². The highest BCUT2D eigenvalue weighted by Crippen LogP contribution is 2.00. The van der Waals surface area contributed by atoms with Crippen molar-refractivity contribution >= 4 is 17.5 Å². The van der Waals surface area contributed by atoms with Crippen LogP contribution in [0.4, 0.5) is 0 Å². The highest BCUT2D eigenvalue weighted by Gasteiger charge is 2.04. The first-order valence-corrected chi connectivity index (χ1v) is 6.12. The number of amides is 1. The van der Waals surface area contributed by atoms with E-state index in [4.69, 9.17) is 16.3 Å². The molecule has 0 spiro atoms. The standard InChI is InChI=1S/C12H17ClN2O2/c1-10-9-11(3-6-14-10)12(16)15-5-2-7-17-8-4-13/h3,6,9H,2,4-5,7-8H2,1H3,(H,15,16). The van der Waals surface area contributed by atoms with E-state index in [0.29, 0.717) is 31.2 Å². The number of hydrogen-bond acceptors (Lipinski definition) is 3. The van der Waals surface area contributed by atoms with E-state index < -0.39 is 0 Å². The number of aryl methyl sites for hydroxylation is 1. The molecule has 0 fully saturated rings. The fourth-order valence-corrected chi connectivity index (χ4v) is 1.43. The van der Waals surface area contributed by atoms with Crippen molar-refractivity contribution in [3.8, 4) is 0 Å². The number of carbonyl (C=O) groups excluding carboxylic acids is 1. The molecule has 1 aromatic heterocycles. The summed E-state index contributed by atoms with van der Waals surface area (Å²) in [5, 5.41) is 2.82.